The average molecular weight is 141 g/mol. The van der Waals surface area contributed by atoms with Crippen molar-refractivity contribution < 1.29 is 4.79 Å². The molecule has 1 aliphatic rings. The van der Waals surface area contributed by atoms with Gasteiger partial charge in [-0.15, -0.1) is 0 Å². The SMILES string of the molecule is C[C@H]1CN(C)C[C@H](C)C1=O. The lowest BCUT2D eigenvalue weighted by molar-refractivity contribution is -0.129. The van der Waals surface area contributed by atoms with Gasteiger partial charge in [-0.25, -0.2) is 0 Å². The number of rotatable bonds is 0. The maximum absolute atomic E-state index is 11.2. The lowest BCUT2D eigenvalue weighted by atomic mass is 9.91. The first kappa shape index (κ1) is 7.73. The molecule has 0 aromatic heterocycles. The Bertz CT molecular complexity index is 130. The van der Waals surface area contributed by atoms with E-state index in [-0.39, 0.29) is 11.8 Å². The summed E-state index contributed by atoms with van der Waals surface area (Å²) in [5.41, 5.74) is 0. The van der Waals surface area contributed by atoms with Gasteiger partial charge in [0.2, 0.25) is 0 Å². The van der Waals surface area contributed by atoms with Gasteiger partial charge < -0.3 is 4.90 Å². The Balaban J connectivity index is 2.57. The molecule has 58 valence electrons. The van der Waals surface area contributed by atoms with E-state index in [9.17, 15) is 4.79 Å². The van der Waals surface area contributed by atoms with E-state index < -0.39 is 0 Å². The molecule has 1 fully saturated rings. The van der Waals surface area contributed by atoms with Crippen LogP contribution >= 0.6 is 0 Å². The summed E-state index contributed by atoms with van der Waals surface area (Å²) in [5.74, 6) is 0.917. The van der Waals surface area contributed by atoms with E-state index >= 15 is 0 Å². The van der Waals surface area contributed by atoms with Gasteiger partial charge in [0.15, 0.2) is 0 Å². The fourth-order valence-electron chi connectivity index (χ4n) is 1.68. The van der Waals surface area contributed by atoms with Crippen molar-refractivity contribution in [3.63, 3.8) is 0 Å². The van der Waals surface area contributed by atoms with Crippen LogP contribution in [0.5, 0.6) is 0 Å². The van der Waals surface area contributed by atoms with Crippen molar-refractivity contribution in [2.24, 2.45) is 11.8 Å². The molecule has 1 aliphatic heterocycles. The summed E-state index contributed by atoms with van der Waals surface area (Å²) in [6.45, 7) is 5.88. The quantitative estimate of drug-likeness (QED) is 0.496. The molecule has 0 aromatic carbocycles. The fraction of sp³-hybridized carbons (Fsp3) is 0.875. The molecule has 0 N–H and O–H groups in total. The second-order valence-corrected chi connectivity index (χ2v) is 3.43. The minimum atomic E-state index is 0.244. The van der Waals surface area contributed by atoms with E-state index in [1.807, 2.05) is 13.8 Å². The Morgan fingerprint density at radius 3 is 2.10 bits per heavy atom. The van der Waals surface area contributed by atoms with E-state index in [0.29, 0.717) is 5.78 Å². The number of piperidine rings is 1. The highest BCUT2D eigenvalue weighted by atomic mass is 16.1. The van der Waals surface area contributed by atoms with Crippen LogP contribution in [-0.4, -0.2) is 30.8 Å². The van der Waals surface area contributed by atoms with E-state index in [1.165, 1.54) is 0 Å². The molecule has 0 unspecified atom stereocenters. The van der Waals surface area contributed by atoms with Gasteiger partial charge in [0.05, 0.1) is 0 Å². The zero-order chi connectivity index (χ0) is 7.72. The Morgan fingerprint density at radius 2 is 1.70 bits per heavy atom. The van der Waals surface area contributed by atoms with Crippen LogP contribution in [0.25, 0.3) is 0 Å². The molecule has 0 amide bonds. The highest BCUT2D eigenvalue weighted by molar-refractivity contribution is 5.83. The molecule has 0 spiro atoms. The Hall–Kier alpha value is -0.370. The Labute approximate surface area is 62.2 Å². The summed E-state index contributed by atoms with van der Waals surface area (Å²) in [7, 11) is 2.07. The van der Waals surface area contributed by atoms with Gasteiger partial charge in [-0.3, -0.25) is 4.79 Å². The summed E-state index contributed by atoms with van der Waals surface area (Å²) in [6, 6.07) is 0. The third kappa shape index (κ3) is 1.37. The summed E-state index contributed by atoms with van der Waals surface area (Å²) < 4.78 is 0. The molecule has 1 heterocycles. The van der Waals surface area contributed by atoms with E-state index in [4.69, 9.17) is 0 Å². The first-order valence-electron chi connectivity index (χ1n) is 3.83. The summed E-state index contributed by atoms with van der Waals surface area (Å²) >= 11 is 0. The lowest BCUT2D eigenvalue weighted by Crippen LogP contribution is -2.42. The molecule has 1 rings (SSSR count). The number of carbonyl (C=O) groups excluding carboxylic acids is 1. The maximum Gasteiger partial charge on any atom is 0.141 e. The van der Waals surface area contributed by atoms with Crippen LogP contribution in [0.15, 0.2) is 0 Å². The van der Waals surface area contributed by atoms with Crippen LogP contribution in [-0.2, 0) is 4.79 Å². The average Bonchev–Trinajstić information content (AvgIpc) is 1.82. The number of likely N-dealkylation sites (tertiary alicyclic amines) is 1. The summed E-state index contributed by atoms with van der Waals surface area (Å²) in [4.78, 5) is 13.5. The van der Waals surface area contributed by atoms with Gasteiger partial charge >= 0.3 is 0 Å². The molecular formula is C8H15NO. The van der Waals surface area contributed by atoms with Gasteiger partial charge in [-0.05, 0) is 7.05 Å². The van der Waals surface area contributed by atoms with Crippen LogP contribution in [0.4, 0.5) is 0 Å². The van der Waals surface area contributed by atoms with Gasteiger partial charge in [0.1, 0.15) is 5.78 Å². The molecular weight excluding hydrogens is 126 g/mol. The third-order valence-corrected chi connectivity index (χ3v) is 2.14. The number of carbonyl (C=O) groups is 1. The Kier molecular flexibility index (Phi) is 2.09. The monoisotopic (exact) mass is 141 g/mol. The predicted octanol–water partition coefficient (Wildman–Crippen LogP) is 0.773. The standard InChI is InChI=1S/C8H15NO/c1-6-4-9(3)5-7(2)8(6)10/h6-7H,4-5H2,1-3H3/t6-,7-/m0/s1. The van der Waals surface area contributed by atoms with E-state index in [1.54, 1.807) is 0 Å². The lowest BCUT2D eigenvalue weighted by Gasteiger charge is -2.30. The molecule has 0 saturated carbocycles. The van der Waals surface area contributed by atoms with Crippen LogP contribution in [0.1, 0.15) is 13.8 Å². The van der Waals surface area contributed by atoms with Gasteiger partial charge in [-0.1, -0.05) is 13.8 Å². The highest BCUT2D eigenvalue weighted by Gasteiger charge is 2.27. The van der Waals surface area contributed by atoms with Crippen LogP contribution in [0.2, 0.25) is 0 Å². The number of Topliss-reactive ketones (excluding diaryl/α,β-unsaturated/α-hetero) is 1. The van der Waals surface area contributed by atoms with E-state index in [0.717, 1.165) is 13.1 Å². The molecule has 2 atom stereocenters. The molecule has 2 nitrogen and oxygen atoms in total. The normalized spacial score (nSPS) is 36.5. The molecule has 0 radical (unpaired) electrons. The minimum Gasteiger partial charge on any atom is -0.305 e. The van der Waals surface area contributed by atoms with Crippen LogP contribution in [0, 0.1) is 11.8 Å². The van der Waals surface area contributed by atoms with Gasteiger partial charge in [0.25, 0.3) is 0 Å². The first-order valence-corrected chi connectivity index (χ1v) is 3.83. The molecule has 0 aromatic rings. The molecule has 0 aliphatic carbocycles. The second-order valence-electron chi connectivity index (χ2n) is 3.43. The largest absolute Gasteiger partial charge is 0.305 e. The van der Waals surface area contributed by atoms with Crippen molar-refractivity contribution in [2.45, 2.75) is 13.8 Å². The molecule has 1 saturated heterocycles. The van der Waals surface area contributed by atoms with Crippen molar-refractivity contribution in [3.05, 3.63) is 0 Å². The van der Waals surface area contributed by atoms with Gasteiger partial charge in [0, 0.05) is 24.9 Å². The molecule has 2 heteroatoms. The highest BCUT2D eigenvalue weighted by Crippen LogP contribution is 2.15. The molecule has 0 bridgehead atoms. The summed E-state index contributed by atoms with van der Waals surface area (Å²) in [5, 5.41) is 0. The zero-order valence-corrected chi connectivity index (χ0v) is 6.92. The van der Waals surface area contributed by atoms with Crippen molar-refractivity contribution in [2.75, 3.05) is 20.1 Å². The maximum atomic E-state index is 11.2. The number of ketones is 1. The number of nitrogens with zero attached hydrogens (tertiary/aromatic N) is 1. The van der Waals surface area contributed by atoms with Crippen LogP contribution in [0.3, 0.4) is 0 Å². The predicted molar refractivity (Wildman–Crippen MR) is 40.8 cm³/mol. The fourth-order valence-corrected chi connectivity index (χ4v) is 1.68. The molecule has 10 heavy (non-hydrogen) atoms. The van der Waals surface area contributed by atoms with Crippen molar-refractivity contribution >= 4 is 5.78 Å². The van der Waals surface area contributed by atoms with Crippen molar-refractivity contribution in [1.82, 2.24) is 4.90 Å². The van der Waals surface area contributed by atoms with Crippen molar-refractivity contribution in [1.29, 1.82) is 0 Å². The number of hydrogen-bond acceptors (Lipinski definition) is 2. The van der Waals surface area contributed by atoms with Crippen molar-refractivity contribution in [3.8, 4) is 0 Å². The van der Waals surface area contributed by atoms with Crippen LogP contribution < -0.4 is 0 Å². The van der Waals surface area contributed by atoms with Gasteiger partial charge in [-0.2, -0.15) is 0 Å². The Morgan fingerprint density at radius 1 is 1.30 bits per heavy atom. The van der Waals surface area contributed by atoms with E-state index in [2.05, 4.69) is 11.9 Å². The topological polar surface area (TPSA) is 20.3 Å². The second kappa shape index (κ2) is 2.70. The first-order chi connectivity index (χ1) is 4.61. The third-order valence-electron chi connectivity index (χ3n) is 2.14. The smallest absolute Gasteiger partial charge is 0.141 e. The summed E-state index contributed by atoms with van der Waals surface area (Å²) in [6.07, 6.45) is 0. The zero-order valence-electron chi connectivity index (χ0n) is 6.92. The minimum absolute atomic E-state index is 0.244. The number of hydrogen-bond donors (Lipinski definition) is 0.